The molecule has 0 spiro atoms. The van der Waals surface area contributed by atoms with Crippen LogP contribution in [-0.2, 0) is 0 Å². The average molecular weight is 1520 g/mol. The number of unbranched alkanes of at least 4 members (excludes halogenated alkanes) is 3. The molecule has 0 bridgehead atoms. The SMILES string of the molecule is C=CCCCCCC(CC/C(C)=C\C)CCC(CC/C=C\C)CN1c2ccc(-c3cccc4oc5ccccc5c34)cc2B2c3cc(-c4cccc5oc6ccccc6c45)ccc3N(C3=C(C4CCC(C)=C(C5CC=CCC5)C4)CCC=C3/C(C)=C\CC(CC)C3CCC=C(C)C3)c3cc(-n4c5ccccc5c5ccccc54)cc1c32. The zero-order valence-electron chi connectivity index (χ0n) is 70.1. The Morgan fingerprint density at radius 3 is 1.91 bits per heavy atom. The number of nitrogens with zero attached hydrogens (tertiary/aromatic N) is 3. The van der Waals surface area contributed by atoms with E-state index in [9.17, 15) is 0 Å². The summed E-state index contributed by atoms with van der Waals surface area (Å²) in [5, 5.41) is 7.18. The van der Waals surface area contributed by atoms with Crippen LogP contribution in [-0.4, -0.2) is 17.8 Å². The third-order valence-corrected chi connectivity index (χ3v) is 28.4. The van der Waals surface area contributed by atoms with Crippen molar-refractivity contribution in [3.63, 3.8) is 0 Å². The first kappa shape index (κ1) is 77.0. The first-order valence-corrected chi connectivity index (χ1v) is 44.8. The molecule has 12 aromatic rings. The number of anilines is 4. The lowest BCUT2D eigenvalue weighted by molar-refractivity contribution is 0.295. The number of allylic oxidation sites excluding steroid dienone is 15. The molecule has 116 heavy (non-hydrogen) atoms. The summed E-state index contributed by atoms with van der Waals surface area (Å²) in [5.41, 5.74) is 33.8. The quantitative estimate of drug-likeness (QED) is 0.0278. The van der Waals surface area contributed by atoms with Gasteiger partial charge in [0.1, 0.15) is 22.3 Å². The molecule has 5 nitrogen and oxygen atoms in total. The van der Waals surface area contributed by atoms with Crippen LogP contribution in [0.15, 0.2) is 297 Å². The Morgan fingerprint density at radius 2 is 1.23 bits per heavy atom. The van der Waals surface area contributed by atoms with E-state index in [0.29, 0.717) is 35.5 Å². The molecule has 9 aromatic carbocycles. The van der Waals surface area contributed by atoms with Crippen molar-refractivity contribution in [2.24, 2.45) is 35.5 Å². The van der Waals surface area contributed by atoms with Gasteiger partial charge in [0.05, 0.1) is 22.4 Å². The molecule has 3 aromatic heterocycles. The highest BCUT2D eigenvalue weighted by molar-refractivity contribution is 7.00. The van der Waals surface area contributed by atoms with Crippen molar-refractivity contribution in [2.75, 3.05) is 16.3 Å². The number of benzene rings is 9. The second-order valence-corrected chi connectivity index (χ2v) is 35.4. The molecule has 0 fully saturated rings. The molecule has 588 valence electrons. The number of para-hydroxylation sites is 4. The van der Waals surface area contributed by atoms with E-state index in [1.807, 2.05) is 0 Å². The molecule has 0 saturated carbocycles. The lowest BCUT2D eigenvalue weighted by Gasteiger charge is -2.47. The molecule has 18 rings (SSSR count). The summed E-state index contributed by atoms with van der Waals surface area (Å²) < 4.78 is 16.3. The number of hydrogen-bond acceptors (Lipinski definition) is 4. The summed E-state index contributed by atoms with van der Waals surface area (Å²) in [6.07, 6.45) is 50.1. The number of fused-ring (bicyclic) bond motifs is 13. The second kappa shape index (κ2) is 34.1. The third-order valence-electron chi connectivity index (χ3n) is 28.4. The predicted octanol–water partition coefficient (Wildman–Crippen LogP) is 30.1. The predicted molar refractivity (Wildman–Crippen MR) is 499 cm³/mol. The smallest absolute Gasteiger partial charge is 0.252 e. The molecule has 6 atom stereocenters. The zero-order valence-corrected chi connectivity index (χ0v) is 70.1. The lowest BCUT2D eigenvalue weighted by Crippen LogP contribution is -2.62. The summed E-state index contributed by atoms with van der Waals surface area (Å²) in [6.45, 7) is 21.5. The molecule has 6 heteroatoms. The average Bonchev–Trinajstić information content (AvgIpc) is 0.872. The number of furan rings is 2. The Kier molecular flexibility index (Phi) is 22.6. The third kappa shape index (κ3) is 14.8. The van der Waals surface area contributed by atoms with Crippen molar-refractivity contribution in [3.8, 4) is 27.9 Å². The molecule has 6 unspecified atom stereocenters. The molecule has 0 saturated heterocycles. The van der Waals surface area contributed by atoms with E-state index in [1.165, 1.54) is 199 Å². The summed E-state index contributed by atoms with van der Waals surface area (Å²) in [5.74, 6) is 3.32. The van der Waals surface area contributed by atoms with Crippen LogP contribution in [0.3, 0.4) is 0 Å². The normalized spacial score (nSPS) is 18.8. The molecule has 6 aliphatic rings. The van der Waals surface area contributed by atoms with E-state index in [0.717, 1.165) is 117 Å². The van der Waals surface area contributed by atoms with Gasteiger partial charge in [-0.05, 0) is 315 Å². The monoisotopic (exact) mass is 1520 g/mol. The fourth-order valence-corrected chi connectivity index (χ4v) is 22.1. The standard InChI is InChI=1S/C110H118BN3O2/c1-9-13-15-16-19-35-77(57-54-73(5)11-3)58-59-78(36-18-14-10-2)72-112-99-64-62-83(87-45-32-52-105-107(87)92-42-24-28-50-103(92)115-105)68-95(99)111-96-69-84(88-46-33-53-106-108(88)93-43-25-29-51-104(93)116-106)63-65-100(96)114(102-71-85(70-101(112)109(102)111)113-97-48-26-22-40-90(97)91-41-23-27-49-98(91)113)110-86(75(7)55-60-79(12-4)81-39-30-34-74(6)66-81)44-31-47-89(110)82-61-56-76(8)94(67-82)80-37-20-17-21-38-80/h9-11,14,17,20,22-29,32-34,40-46,48-53,55,62-65,68-71,77-82H,1,12-13,15-16,18-19,21,30-31,35-39,47,54,56-61,66-67,72H2,2-8H3/b14-10-,73-11-,75-55-. The van der Waals surface area contributed by atoms with Crippen molar-refractivity contribution in [3.05, 3.63) is 288 Å². The van der Waals surface area contributed by atoms with Gasteiger partial charge in [-0.3, -0.25) is 0 Å². The van der Waals surface area contributed by atoms with Crippen LogP contribution in [0.1, 0.15) is 203 Å². The second-order valence-electron chi connectivity index (χ2n) is 35.4. The largest absolute Gasteiger partial charge is 0.456 e. The molecule has 2 aliphatic heterocycles. The maximum atomic E-state index is 6.83. The maximum absolute atomic E-state index is 6.83. The van der Waals surface area contributed by atoms with Gasteiger partial charge in [-0.15, -0.1) is 6.58 Å². The first-order valence-electron chi connectivity index (χ1n) is 44.8. The minimum atomic E-state index is -0.187. The molecule has 4 aliphatic carbocycles. The first-order chi connectivity index (χ1) is 57.0. The maximum Gasteiger partial charge on any atom is 0.252 e. The van der Waals surface area contributed by atoms with Crippen LogP contribution in [0, 0.1) is 35.5 Å². The summed E-state index contributed by atoms with van der Waals surface area (Å²) in [4.78, 5) is 5.85. The van der Waals surface area contributed by atoms with Gasteiger partial charge < -0.3 is 23.2 Å². The topological polar surface area (TPSA) is 37.7 Å². The van der Waals surface area contributed by atoms with Gasteiger partial charge in [0.15, 0.2) is 0 Å². The van der Waals surface area contributed by atoms with E-state index in [-0.39, 0.29) is 6.71 Å². The van der Waals surface area contributed by atoms with E-state index in [4.69, 9.17) is 8.83 Å². The fourth-order valence-electron chi connectivity index (χ4n) is 22.1. The Labute approximate surface area is 690 Å². The van der Waals surface area contributed by atoms with Crippen LogP contribution in [0.4, 0.5) is 22.7 Å². The van der Waals surface area contributed by atoms with E-state index < -0.39 is 0 Å². The summed E-state index contributed by atoms with van der Waals surface area (Å²) >= 11 is 0. The zero-order chi connectivity index (χ0) is 78.9. The van der Waals surface area contributed by atoms with Gasteiger partial charge in [0.2, 0.25) is 0 Å². The minimum Gasteiger partial charge on any atom is -0.456 e. The molecule has 5 heterocycles. The lowest BCUT2D eigenvalue weighted by atomic mass is 9.33. The van der Waals surface area contributed by atoms with Crippen LogP contribution in [0.25, 0.3) is 93.6 Å². The molecule has 0 radical (unpaired) electrons. The Hall–Kier alpha value is -10.3. The molecule has 0 N–H and O–H groups in total. The highest BCUT2D eigenvalue weighted by Crippen LogP contribution is 2.53. The summed E-state index contributed by atoms with van der Waals surface area (Å²) in [7, 11) is 0. The van der Waals surface area contributed by atoms with E-state index >= 15 is 0 Å². The fraction of sp³-hybridized carbons (Fsp3) is 0.345. The van der Waals surface area contributed by atoms with E-state index in [1.54, 1.807) is 22.3 Å². The van der Waals surface area contributed by atoms with Crippen molar-refractivity contribution in [1.29, 1.82) is 0 Å². The van der Waals surface area contributed by atoms with Gasteiger partial charge in [0.25, 0.3) is 6.71 Å². The highest BCUT2D eigenvalue weighted by Gasteiger charge is 2.47. The Bertz CT molecular complexity index is 5930. The minimum absolute atomic E-state index is 0.187. The van der Waals surface area contributed by atoms with Gasteiger partial charge in [-0.1, -0.05) is 237 Å². The van der Waals surface area contributed by atoms with Crippen molar-refractivity contribution < 1.29 is 8.83 Å². The van der Waals surface area contributed by atoms with Crippen molar-refractivity contribution in [2.45, 2.75) is 203 Å². The van der Waals surface area contributed by atoms with Gasteiger partial charge in [-0.25, -0.2) is 0 Å². The van der Waals surface area contributed by atoms with Crippen LogP contribution < -0.4 is 26.2 Å². The molecular formula is C110H118BN3O2. The van der Waals surface area contributed by atoms with Crippen LogP contribution >= 0.6 is 0 Å². The van der Waals surface area contributed by atoms with Crippen LogP contribution in [0.2, 0.25) is 0 Å². The van der Waals surface area contributed by atoms with E-state index in [2.05, 4.69) is 306 Å². The van der Waals surface area contributed by atoms with Crippen LogP contribution in [0.5, 0.6) is 0 Å². The van der Waals surface area contributed by atoms with Crippen molar-refractivity contribution >= 4 is 112 Å². The Balaban J connectivity index is 0.926. The Morgan fingerprint density at radius 1 is 0.569 bits per heavy atom. The molecular weight excluding hydrogens is 1410 g/mol. The molecule has 0 amide bonds. The number of rotatable bonds is 28. The van der Waals surface area contributed by atoms with Gasteiger partial charge in [0, 0.05) is 61.6 Å². The van der Waals surface area contributed by atoms with Gasteiger partial charge in [-0.2, -0.15) is 0 Å². The van der Waals surface area contributed by atoms with Crippen molar-refractivity contribution in [1.82, 2.24) is 4.57 Å². The number of hydrogen-bond donors (Lipinski definition) is 0. The number of aromatic nitrogens is 1. The highest BCUT2D eigenvalue weighted by atomic mass is 16.3. The van der Waals surface area contributed by atoms with Gasteiger partial charge >= 0.3 is 0 Å². The summed E-state index contributed by atoms with van der Waals surface area (Å²) in [6, 6.07) is 70.2.